The minimum absolute atomic E-state index is 0.196. The summed E-state index contributed by atoms with van der Waals surface area (Å²) >= 11 is 0. The highest BCUT2D eigenvalue weighted by Crippen LogP contribution is 2.79. The Kier molecular flexibility index (Phi) is 3.74. The molecule has 3 aliphatic carbocycles. The number of carbonyl (C=O) groups excluding carboxylic acids is 2. The summed E-state index contributed by atoms with van der Waals surface area (Å²) in [5.74, 6) is -2.87. The third kappa shape index (κ3) is 1.87. The minimum Gasteiger partial charge on any atom is -0.472 e. The third-order valence-corrected chi connectivity index (χ3v) is 11.3. The van der Waals surface area contributed by atoms with E-state index in [4.69, 9.17) is 18.6 Å². The molecule has 1 unspecified atom stereocenters. The Morgan fingerprint density at radius 3 is 2.40 bits per heavy atom. The summed E-state index contributed by atoms with van der Waals surface area (Å²) in [7, 11) is 0. The van der Waals surface area contributed by atoms with Crippen LogP contribution in [0.25, 0.3) is 0 Å². The number of fused-ring (bicyclic) bond motifs is 5. The average molecular weight is 491 g/mol. The van der Waals surface area contributed by atoms with E-state index in [1.54, 1.807) is 26.4 Å². The number of Topliss-reactive ketones (excluding diaryl/α,β-unsaturated/α-hetero) is 1. The number of hydrogen-bond donors (Lipinski definition) is 4. The monoisotopic (exact) mass is 490 g/mol. The largest absolute Gasteiger partial charge is 0.472 e. The summed E-state index contributed by atoms with van der Waals surface area (Å²) in [5.41, 5.74) is -8.89. The van der Waals surface area contributed by atoms with Gasteiger partial charge in [0.25, 0.3) is 0 Å². The molecular weight excluding hydrogens is 460 g/mol. The molecule has 4 N–H and O–H groups in total. The summed E-state index contributed by atoms with van der Waals surface area (Å²) < 4.78 is 23.2. The van der Waals surface area contributed by atoms with Crippen molar-refractivity contribution in [2.24, 2.45) is 16.7 Å². The Bertz CT molecular complexity index is 1160. The van der Waals surface area contributed by atoms with Crippen molar-refractivity contribution in [1.82, 2.24) is 0 Å². The first-order valence-corrected chi connectivity index (χ1v) is 12.2. The number of epoxide rings is 1. The first kappa shape index (κ1) is 22.4. The van der Waals surface area contributed by atoms with Crippen LogP contribution in [0, 0.1) is 16.7 Å². The highest BCUT2D eigenvalue weighted by molar-refractivity contribution is 5.98. The lowest BCUT2D eigenvalue weighted by atomic mass is 9.43. The number of esters is 1. The number of carbonyl (C=O) groups is 2. The van der Waals surface area contributed by atoms with Crippen LogP contribution in [0.1, 0.15) is 52.0 Å². The van der Waals surface area contributed by atoms with Crippen molar-refractivity contribution in [3.8, 4) is 0 Å². The smallest absolute Gasteiger partial charge is 0.339 e. The van der Waals surface area contributed by atoms with E-state index in [0.29, 0.717) is 6.42 Å². The van der Waals surface area contributed by atoms with Gasteiger partial charge >= 0.3 is 5.97 Å². The lowest BCUT2D eigenvalue weighted by Gasteiger charge is -2.62. The normalized spacial score (nSPS) is 62.0. The Labute approximate surface area is 201 Å². The van der Waals surface area contributed by atoms with Crippen LogP contribution >= 0.6 is 0 Å². The van der Waals surface area contributed by atoms with Crippen molar-refractivity contribution in [3.63, 3.8) is 0 Å². The van der Waals surface area contributed by atoms with Crippen LogP contribution < -0.4 is 0 Å². The van der Waals surface area contributed by atoms with Crippen molar-refractivity contribution < 1.29 is 48.6 Å². The lowest BCUT2D eigenvalue weighted by molar-refractivity contribution is -0.272. The molecule has 0 radical (unpaired) electrons. The number of ether oxygens (including phenoxy) is 3. The Morgan fingerprint density at radius 1 is 1.03 bits per heavy atom. The Balaban J connectivity index is 1.43. The fraction of sp³-hybridized carbons (Fsp3) is 0.760. The second kappa shape index (κ2) is 5.84. The molecule has 13 atom stereocenters. The molecular formula is C25H30O10. The molecule has 3 saturated heterocycles. The van der Waals surface area contributed by atoms with E-state index in [9.17, 15) is 30.0 Å². The number of furan rings is 1. The number of aliphatic hydroxyl groups is 4. The van der Waals surface area contributed by atoms with Gasteiger partial charge in [-0.2, -0.15) is 0 Å². The van der Waals surface area contributed by atoms with Crippen molar-refractivity contribution in [1.29, 1.82) is 0 Å². The van der Waals surface area contributed by atoms with E-state index in [1.165, 1.54) is 6.92 Å². The zero-order valence-corrected chi connectivity index (χ0v) is 19.9. The maximum atomic E-state index is 13.2. The molecule has 1 aromatic rings. The maximum Gasteiger partial charge on any atom is 0.339 e. The summed E-state index contributed by atoms with van der Waals surface area (Å²) in [6.07, 6.45) is -1.98. The van der Waals surface area contributed by atoms with Gasteiger partial charge in [0.05, 0.1) is 36.9 Å². The maximum absolute atomic E-state index is 13.2. The lowest BCUT2D eigenvalue weighted by Crippen LogP contribution is -2.79. The molecule has 7 rings (SSSR count). The standard InChI is InChI=1S/C25H30O10/c1-20-11(10-5-6-32-9-10)7-14-25(20,34-14)22(3,30)16-15(17(20)27)33-13-8-12(26)23(4)24(31,21(13,16)2)18(28)19(29)35-23/h5-6,9,11,13-18,27-28,30-31H,7-8H2,1-4H3/t11-,13-,14+,15-,16+,17-,18+,20+,21+,22+,23-,24?,25+/m0/s1. The first-order valence-electron chi connectivity index (χ1n) is 12.2. The first-order chi connectivity index (χ1) is 16.2. The number of ketones is 1. The zero-order valence-electron chi connectivity index (χ0n) is 19.9. The van der Waals surface area contributed by atoms with Crippen LogP contribution in [-0.4, -0.2) is 85.1 Å². The molecule has 6 aliphatic rings. The predicted octanol–water partition coefficient (Wildman–Crippen LogP) is -0.193. The number of aliphatic hydroxyl groups excluding tert-OH is 2. The quantitative estimate of drug-likeness (QED) is 0.307. The predicted molar refractivity (Wildman–Crippen MR) is 114 cm³/mol. The topological polar surface area (TPSA) is 159 Å². The van der Waals surface area contributed by atoms with E-state index < -0.39 is 75.3 Å². The summed E-state index contributed by atoms with van der Waals surface area (Å²) in [5, 5.41) is 47.4. The molecule has 10 heteroatoms. The molecule has 1 aromatic heterocycles. The van der Waals surface area contributed by atoms with Crippen LogP contribution in [0.5, 0.6) is 0 Å². The van der Waals surface area contributed by atoms with E-state index in [1.807, 2.05) is 13.0 Å². The molecule has 10 nitrogen and oxygen atoms in total. The van der Waals surface area contributed by atoms with Gasteiger partial charge in [0.1, 0.15) is 11.2 Å². The summed E-state index contributed by atoms with van der Waals surface area (Å²) in [4.78, 5) is 25.7. The van der Waals surface area contributed by atoms with Crippen LogP contribution in [0.4, 0.5) is 0 Å². The van der Waals surface area contributed by atoms with Gasteiger partial charge in [0.15, 0.2) is 23.1 Å². The molecule has 190 valence electrons. The van der Waals surface area contributed by atoms with Gasteiger partial charge in [-0.3, -0.25) is 4.79 Å². The van der Waals surface area contributed by atoms with Crippen molar-refractivity contribution in [2.45, 2.75) is 99.4 Å². The molecule has 3 saturated carbocycles. The molecule has 3 aliphatic heterocycles. The highest BCUT2D eigenvalue weighted by Gasteiger charge is 2.93. The summed E-state index contributed by atoms with van der Waals surface area (Å²) in [6, 6.07) is 1.84. The number of rotatable bonds is 1. The van der Waals surface area contributed by atoms with E-state index in [0.717, 1.165) is 5.56 Å². The SMILES string of the molecule is C[C@]12[C@H](CC(=O)[C@]3(C)OC(=O)[C@@H](O)C13O)O[C@H]1[C@H]2[C@@](C)(O)[C@@]23O[C@@H]2C[C@@H](c2ccoc2)[C@]3(C)[C@H]1O. The molecule has 4 heterocycles. The molecule has 0 aromatic carbocycles. The molecule has 0 amide bonds. The fourth-order valence-corrected chi connectivity index (χ4v) is 9.60. The Morgan fingerprint density at radius 2 is 1.74 bits per heavy atom. The van der Waals surface area contributed by atoms with Crippen molar-refractivity contribution in [3.05, 3.63) is 24.2 Å². The molecule has 35 heavy (non-hydrogen) atoms. The Hall–Kier alpha value is -1.82. The van der Waals surface area contributed by atoms with Crippen molar-refractivity contribution in [2.75, 3.05) is 0 Å². The molecule has 1 spiro atoms. The van der Waals surface area contributed by atoms with Crippen LogP contribution in [0.2, 0.25) is 0 Å². The van der Waals surface area contributed by atoms with Gasteiger partial charge in [0, 0.05) is 29.1 Å². The van der Waals surface area contributed by atoms with Crippen LogP contribution in [0.3, 0.4) is 0 Å². The van der Waals surface area contributed by atoms with Gasteiger partial charge in [0.2, 0.25) is 0 Å². The number of hydrogen-bond acceptors (Lipinski definition) is 10. The molecule has 0 bridgehead atoms. The van der Waals surface area contributed by atoms with Gasteiger partial charge in [-0.05, 0) is 31.9 Å². The van der Waals surface area contributed by atoms with Gasteiger partial charge in [-0.25, -0.2) is 4.79 Å². The second-order valence-electron chi connectivity index (χ2n) is 12.2. The van der Waals surface area contributed by atoms with E-state index in [2.05, 4.69) is 0 Å². The molecule has 6 fully saturated rings. The highest BCUT2D eigenvalue weighted by atomic mass is 16.6. The second-order valence-corrected chi connectivity index (χ2v) is 12.2. The van der Waals surface area contributed by atoms with Crippen LogP contribution in [0.15, 0.2) is 23.0 Å². The summed E-state index contributed by atoms with van der Waals surface area (Å²) in [6.45, 7) is 6.40. The average Bonchev–Trinajstić information content (AvgIpc) is 3.06. The van der Waals surface area contributed by atoms with Gasteiger partial charge in [-0.1, -0.05) is 13.8 Å². The van der Waals surface area contributed by atoms with Gasteiger partial charge in [-0.15, -0.1) is 0 Å². The third-order valence-electron chi connectivity index (χ3n) is 11.3. The van der Waals surface area contributed by atoms with E-state index in [-0.39, 0.29) is 18.4 Å². The minimum atomic E-state index is -2.39. The van der Waals surface area contributed by atoms with Crippen LogP contribution in [-0.2, 0) is 23.8 Å². The zero-order chi connectivity index (χ0) is 25.1. The van der Waals surface area contributed by atoms with E-state index >= 15 is 0 Å². The van der Waals surface area contributed by atoms with Gasteiger partial charge < -0.3 is 39.1 Å². The fourth-order valence-electron chi connectivity index (χ4n) is 9.60. The van der Waals surface area contributed by atoms with Crippen molar-refractivity contribution >= 4 is 11.8 Å².